The Bertz CT molecular complexity index is 2940. The lowest BCUT2D eigenvalue weighted by Crippen LogP contribution is -2.72. The molecule has 0 aromatic heterocycles. The van der Waals surface area contributed by atoms with E-state index < -0.39 is 8.07 Å². The molecule has 0 unspecified atom stereocenters. The van der Waals surface area contributed by atoms with E-state index in [4.69, 9.17) is 0 Å². The summed E-state index contributed by atoms with van der Waals surface area (Å²) >= 11 is 0. The van der Waals surface area contributed by atoms with E-state index in [1.54, 1.807) is 0 Å². The van der Waals surface area contributed by atoms with Crippen molar-refractivity contribution in [2.24, 2.45) is 0 Å². The molecule has 0 aliphatic carbocycles. The van der Waals surface area contributed by atoms with Crippen molar-refractivity contribution in [2.45, 2.75) is 0 Å². The van der Waals surface area contributed by atoms with E-state index in [1.165, 1.54) is 81.4 Å². The molecular formula is C56H39NSi. The number of hydrogen-bond donors (Lipinski definition) is 0. The molecule has 0 bridgehead atoms. The van der Waals surface area contributed by atoms with Crippen LogP contribution in [-0.4, -0.2) is 8.07 Å². The van der Waals surface area contributed by atoms with Gasteiger partial charge in [-0.05, 0) is 100 Å². The van der Waals surface area contributed by atoms with Gasteiger partial charge < -0.3 is 4.90 Å². The van der Waals surface area contributed by atoms with Crippen molar-refractivity contribution in [3.8, 4) is 33.4 Å². The fourth-order valence-electron chi connectivity index (χ4n) is 9.42. The molecule has 0 N–H and O–H groups in total. The molecule has 1 aliphatic rings. The summed E-state index contributed by atoms with van der Waals surface area (Å²) in [5.74, 6) is 0. The normalized spacial score (nSPS) is 12.6. The minimum absolute atomic E-state index is 1.12. The third-order valence-corrected chi connectivity index (χ3v) is 16.9. The van der Waals surface area contributed by atoms with Gasteiger partial charge in [-0.25, -0.2) is 0 Å². The highest BCUT2D eigenvalue weighted by Gasteiger charge is 2.50. The smallest absolute Gasteiger partial charge is 0.180 e. The second-order valence-electron chi connectivity index (χ2n) is 15.3. The van der Waals surface area contributed by atoms with Crippen molar-refractivity contribution in [2.75, 3.05) is 4.90 Å². The highest BCUT2D eigenvalue weighted by molar-refractivity contribution is 7.22. The Hall–Kier alpha value is -7.26. The lowest BCUT2D eigenvalue weighted by Gasteiger charge is -2.33. The molecule has 0 amide bonds. The Morgan fingerprint density at radius 3 is 1.26 bits per heavy atom. The fraction of sp³-hybridized carbons (Fsp3) is 0. The molecule has 0 spiro atoms. The average molecular weight is 754 g/mol. The maximum Gasteiger partial charge on any atom is 0.180 e. The minimum Gasteiger partial charge on any atom is -0.310 e. The van der Waals surface area contributed by atoms with Gasteiger partial charge >= 0.3 is 0 Å². The maximum absolute atomic E-state index is 2.87. The number of anilines is 3. The van der Waals surface area contributed by atoms with E-state index in [0.29, 0.717) is 0 Å². The summed E-state index contributed by atoms with van der Waals surface area (Å²) < 4.78 is 0. The number of rotatable bonds is 7. The van der Waals surface area contributed by atoms with Crippen LogP contribution >= 0.6 is 0 Å². The Labute approximate surface area is 340 Å². The zero-order valence-corrected chi connectivity index (χ0v) is 33.0. The molecule has 0 atom stereocenters. The average Bonchev–Trinajstić information content (AvgIpc) is 3.61. The van der Waals surface area contributed by atoms with Crippen LogP contribution in [0.1, 0.15) is 0 Å². The van der Waals surface area contributed by atoms with E-state index in [1.807, 2.05) is 0 Å². The summed E-state index contributed by atoms with van der Waals surface area (Å²) in [5.41, 5.74) is 10.9. The molecule has 2 heteroatoms. The molecule has 11 rings (SSSR count). The molecule has 1 aliphatic heterocycles. The second kappa shape index (κ2) is 14.0. The van der Waals surface area contributed by atoms with Crippen LogP contribution < -0.4 is 25.6 Å². The van der Waals surface area contributed by atoms with Crippen LogP contribution in [0.25, 0.3) is 54.9 Å². The Kier molecular flexibility index (Phi) is 8.23. The van der Waals surface area contributed by atoms with E-state index in [2.05, 4.69) is 241 Å². The van der Waals surface area contributed by atoms with Crippen LogP contribution in [0, 0.1) is 0 Å². The number of benzene rings is 10. The molecule has 1 nitrogen and oxygen atoms in total. The Morgan fingerprint density at radius 1 is 0.293 bits per heavy atom. The number of hydrogen-bond acceptors (Lipinski definition) is 1. The highest BCUT2D eigenvalue weighted by atomic mass is 28.3. The molecule has 0 fully saturated rings. The first-order valence-electron chi connectivity index (χ1n) is 20.1. The van der Waals surface area contributed by atoms with Gasteiger partial charge in [0.1, 0.15) is 0 Å². The lowest BCUT2D eigenvalue weighted by molar-refractivity contribution is 1.29. The van der Waals surface area contributed by atoms with Crippen molar-refractivity contribution < 1.29 is 0 Å². The monoisotopic (exact) mass is 753 g/mol. The van der Waals surface area contributed by atoms with Gasteiger partial charge in [0.05, 0.1) is 5.69 Å². The molecule has 0 radical (unpaired) electrons. The van der Waals surface area contributed by atoms with Crippen molar-refractivity contribution >= 4 is 67.4 Å². The van der Waals surface area contributed by atoms with Gasteiger partial charge in [-0.2, -0.15) is 0 Å². The highest BCUT2D eigenvalue weighted by Crippen LogP contribution is 2.44. The standard InChI is InChI=1S/C56H39NSi/c1-3-14-40(15-4-1)44-26-32-48(33-27-44)57(49-34-28-45(29-35-49)41-16-5-2-6-17-41)53-23-13-25-55-56(53)52-22-11-12-24-54(52)58(55,50-36-30-42-18-7-9-20-46(42)38-50)51-37-31-43-19-8-10-21-47(43)39-51/h1-39H. The first-order chi connectivity index (χ1) is 28.8. The van der Waals surface area contributed by atoms with E-state index in [0.717, 1.165) is 11.4 Å². The van der Waals surface area contributed by atoms with Gasteiger partial charge in [-0.15, -0.1) is 0 Å². The van der Waals surface area contributed by atoms with Gasteiger partial charge in [-0.3, -0.25) is 0 Å². The van der Waals surface area contributed by atoms with Crippen LogP contribution in [0.2, 0.25) is 0 Å². The second-order valence-corrected chi connectivity index (χ2v) is 19.0. The Morgan fingerprint density at radius 2 is 0.724 bits per heavy atom. The van der Waals surface area contributed by atoms with E-state index in [9.17, 15) is 0 Å². The van der Waals surface area contributed by atoms with Crippen molar-refractivity contribution in [1.82, 2.24) is 0 Å². The molecule has 1 heterocycles. The summed E-state index contributed by atoms with van der Waals surface area (Å²) in [5, 5.41) is 10.7. The summed E-state index contributed by atoms with van der Waals surface area (Å²) in [6, 6.07) is 87.8. The molecule has 0 saturated carbocycles. The predicted octanol–water partition coefficient (Wildman–Crippen LogP) is 12.2. The van der Waals surface area contributed by atoms with Gasteiger partial charge in [-0.1, -0.05) is 206 Å². The van der Waals surface area contributed by atoms with Gasteiger partial charge in [0, 0.05) is 16.9 Å². The zero-order chi connectivity index (χ0) is 38.5. The van der Waals surface area contributed by atoms with Gasteiger partial charge in [0.15, 0.2) is 8.07 Å². The predicted molar refractivity (Wildman–Crippen MR) is 250 cm³/mol. The number of nitrogens with zero attached hydrogens (tertiary/aromatic N) is 1. The summed E-state index contributed by atoms with van der Waals surface area (Å²) in [6.45, 7) is 0. The van der Waals surface area contributed by atoms with Crippen LogP contribution in [0.4, 0.5) is 17.1 Å². The topological polar surface area (TPSA) is 3.24 Å². The first kappa shape index (κ1) is 34.0. The quantitative estimate of drug-likeness (QED) is 0.147. The van der Waals surface area contributed by atoms with E-state index >= 15 is 0 Å². The van der Waals surface area contributed by atoms with Crippen molar-refractivity contribution in [1.29, 1.82) is 0 Å². The molecule has 10 aromatic rings. The fourth-order valence-corrected chi connectivity index (χ4v) is 14.6. The minimum atomic E-state index is -2.87. The third kappa shape index (κ3) is 5.53. The lowest BCUT2D eigenvalue weighted by atomic mass is 10.0. The molecule has 58 heavy (non-hydrogen) atoms. The molecule has 272 valence electrons. The van der Waals surface area contributed by atoms with Crippen LogP contribution in [0.3, 0.4) is 0 Å². The molecule has 10 aromatic carbocycles. The summed E-state index contributed by atoms with van der Waals surface area (Å²) in [7, 11) is -2.87. The van der Waals surface area contributed by atoms with E-state index in [-0.39, 0.29) is 0 Å². The summed E-state index contributed by atoms with van der Waals surface area (Å²) in [4.78, 5) is 2.48. The third-order valence-electron chi connectivity index (χ3n) is 12.1. The van der Waals surface area contributed by atoms with Crippen LogP contribution in [-0.2, 0) is 0 Å². The van der Waals surface area contributed by atoms with Gasteiger partial charge in [0.2, 0.25) is 0 Å². The molecule has 0 saturated heterocycles. The largest absolute Gasteiger partial charge is 0.310 e. The van der Waals surface area contributed by atoms with Crippen LogP contribution in [0.15, 0.2) is 237 Å². The Balaban J connectivity index is 1.18. The van der Waals surface area contributed by atoms with Crippen LogP contribution in [0.5, 0.6) is 0 Å². The first-order valence-corrected chi connectivity index (χ1v) is 22.1. The summed E-state index contributed by atoms with van der Waals surface area (Å²) in [6.07, 6.45) is 0. The zero-order valence-electron chi connectivity index (χ0n) is 32.0. The van der Waals surface area contributed by atoms with Crippen molar-refractivity contribution in [3.05, 3.63) is 237 Å². The molecular weight excluding hydrogens is 715 g/mol. The number of fused-ring (bicyclic) bond motifs is 5. The maximum atomic E-state index is 2.48. The van der Waals surface area contributed by atoms with Gasteiger partial charge in [0.25, 0.3) is 0 Å². The SMILES string of the molecule is c1ccc(-c2ccc(N(c3ccc(-c4ccccc4)cc3)c3cccc4c3-c3ccccc3[Si]4(c3ccc4ccccc4c3)c3ccc4ccccc4c3)cc2)cc1. The van der Waals surface area contributed by atoms with Crippen molar-refractivity contribution in [3.63, 3.8) is 0 Å².